The lowest BCUT2D eigenvalue weighted by molar-refractivity contribution is -0.121. The van der Waals surface area contributed by atoms with E-state index in [1.54, 1.807) is 24.3 Å². The quantitative estimate of drug-likeness (QED) is 0.627. The molecule has 0 fully saturated rings. The SMILES string of the molecule is CCc1ccc(C(=O)NNC(=O)CCNS(=O)(=O)c2ccc(C)cc2)cc1. The summed E-state index contributed by atoms with van der Waals surface area (Å²) in [6.45, 7) is 3.80. The molecule has 0 aliphatic carbocycles. The van der Waals surface area contributed by atoms with Crippen molar-refractivity contribution in [3.05, 3.63) is 65.2 Å². The summed E-state index contributed by atoms with van der Waals surface area (Å²) in [6.07, 6.45) is 0.761. The van der Waals surface area contributed by atoms with Crippen molar-refractivity contribution in [1.29, 1.82) is 0 Å². The number of nitrogens with one attached hydrogen (secondary N) is 3. The van der Waals surface area contributed by atoms with Crippen molar-refractivity contribution in [3.63, 3.8) is 0 Å². The van der Waals surface area contributed by atoms with E-state index >= 15 is 0 Å². The van der Waals surface area contributed by atoms with E-state index in [9.17, 15) is 18.0 Å². The van der Waals surface area contributed by atoms with Crippen molar-refractivity contribution >= 4 is 21.8 Å². The lowest BCUT2D eigenvalue weighted by Gasteiger charge is -2.09. The van der Waals surface area contributed by atoms with E-state index in [0.29, 0.717) is 5.56 Å². The number of hydrazine groups is 1. The summed E-state index contributed by atoms with van der Waals surface area (Å²) in [4.78, 5) is 23.9. The molecule has 27 heavy (non-hydrogen) atoms. The average molecular weight is 389 g/mol. The summed E-state index contributed by atoms with van der Waals surface area (Å²) in [7, 11) is -3.67. The monoisotopic (exact) mass is 389 g/mol. The van der Waals surface area contributed by atoms with Crippen LogP contribution in [0.4, 0.5) is 0 Å². The molecule has 144 valence electrons. The first-order chi connectivity index (χ1) is 12.8. The first-order valence-corrected chi connectivity index (χ1v) is 10.0. The van der Waals surface area contributed by atoms with E-state index in [2.05, 4.69) is 15.6 Å². The van der Waals surface area contributed by atoms with Crippen molar-refractivity contribution in [2.45, 2.75) is 31.6 Å². The second-order valence-corrected chi connectivity index (χ2v) is 7.78. The summed E-state index contributed by atoms with van der Waals surface area (Å²) in [6, 6.07) is 13.4. The molecule has 0 saturated carbocycles. The number of sulfonamides is 1. The Morgan fingerprint density at radius 1 is 0.926 bits per heavy atom. The Morgan fingerprint density at radius 2 is 1.56 bits per heavy atom. The smallest absolute Gasteiger partial charge is 0.269 e. The fourth-order valence-electron chi connectivity index (χ4n) is 2.25. The summed E-state index contributed by atoms with van der Waals surface area (Å²) < 4.78 is 26.6. The van der Waals surface area contributed by atoms with Gasteiger partial charge in [0.2, 0.25) is 15.9 Å². The van der Waals surface area contributed by atoms with E-state index in [1.165, 1.54) is 12.1 Å². The van der Waals surface area contributed by atoms with Crippen molar-refractivity contribution in [1.82, 2.24) is 15.6 Å². The average Bonchev–Trinajstić information content (AvgIpc) is 2.66. The Labute approximate surface area is 159 Å². The van der Waals surface area contributed by atoms with Gasteiger partial charge in [-0.25, -0.2) is 13.1 Å². The third kappa shape index (κ3) is 6.19. The number of rotatable bonds is 7. The number of benzene rings is 2. The molecule has 0 aliphatic heterocycles. The van der Waals surface area contributed by atoms with Crippen LogP contribution >= 0.6 is 0 Å². The lowest BCUT2D eigenvalue weighted by atomic mass is 10.1. The zero-order valence-electron chi connectivity index (χ0n) is 15.3. The van der Waals surface area contributed by atoms with Gasteiger partial charge in [-0.1, -0.05) is 36.8 Å². The molecule has 0 unspecified atom stereocenters. The molecule has 2 amide bonds. The van der Waals surface area contributed by atoms with Gasteiger partial charge in [-0.3, -0.25) is 20.4 Å². The lowest BCUT2D eigenvalue weighted by Crippen LogP contribution is -2.42. The molecule has 2 aromatic carbocycles. The molecule has 0 radical (unpaired) electrons. The van der Waals surface area contributed by atoms with Gasteiger partial charge in [0, 0.05) is 18.5 Å². The maximum Gasteiger partial charge on any atom is 0.269 e. The Kier molecular flexibility index (Phi) is 7.09. The maximum atomic E-state index is 12.1. The molecule has 0 bridgehead atoms. The van der Waals surface area contributed by atoms with Crippen molar-refractivity contribution in [2.75, 3.05) is 6.54 Å². The molecule has 0 atom stereocenters. The van der Waals surface area contributed by atoms with E-state index in [1.807, 2.05) is 26.0 Å². The molecule has 0 saturated heterocycles. The van der Waals surface area contributed by atoms with Gasteiger partial charge in [0.05, 0.1) is 4.90 Å². The van der Waals surface area contributed by atoms with Gasteiger partial charge < -0.3 is 0 Å². The Balaban J connectivity index is 1.77. The molecule has 3 N–H and O–H groups in total. The third-order valence-corrected chi connectivity index (χ3v) is 5.39. The van der Waals surface area contributed by atoms with Crippen LogP contribution in [0.3, 0.4) is 0 Å². The predicted molar refractivity (Wildman–Crippen MR) is 102 cm³/mol. The van der Waals surface area contributed by atoms with Crippen molar-refractivity contribution < 1.29 is 18.0 Å². The van der Waals surface area contributed by atoms with Gasteiger partial charge in [0.1, 0.15) is 0 Å². The largest absolute Gasteiger partial charge is 0.273 e. The highest BCUT2D eigenvalue weighted by Gasteiger charge is 2.14. The van der Waals surface area contributed by atoms with Gasteiger partial charge in [0.25, 0.3) is 5.91 Å². The minimum absolute atomic E-state index is 0.0802. The van der Waals surface area contributed by atoms with Crippen molar-refractivity contribution in [3.8, 4) is 0 Å². The number of carbonyl (C=O) groups excluding carboxylic acids is 2. The molecule has 7 nitrogen and oxygen atoms in total. The molecule has 2 aromatic rings. The Morgan fingerprint density at radius 3 is 2.15 bits per heavy atom. The van der Waals surface area contributed by atoms with Crippen LogP contribution in [-0.4, -0.2) is 26.8 Å². The highest BCUT2D eigenvalue weighted by molar-refractivity contribution is 7.89. The van der Waals surface area contributed by atoms with Crippen molar-refractivity contribution in [2.24, 2.45) is 0 Å². The first-order valence-electron chi connectivity index (χ1n) is 8.56. The van der Waals surface area contributed by atoms with Crippen LogP contribution in [0.5, 0.6) is 0 Å². The number of aryl methyl sites for hydroxylation is 2. The van der Waals surface area contributed by atoms with Gasteiger partial charge in [-0.2, -0.15) is 0 Å². The van der Waals surface area contributed by atoms with Crippen LogP contribution in [0.2, 0.25) is 0 Å². The summed E-state index contributed by atoms with van der Waals surface area (Å²) >= 11 is 0. The van der Waals surface area contributed by atoms with Crippen LogP contribution < -0.4 is 15.6 Å². The molecule has 8 heteroatoms. The van der Waals surface area contributed by atoms with Crippen LogP contribution in [-0.2, 0) is 21.2 Å². The van der Waals surface area contributed by atoms with E-state index in [0.717, 1.165) is 17.5 Å². The standard InChI is InChI=1S/C19H23N3O4S/c1-3-15-6-8-16(9-7-15)19(24)22-21-18(23)12-13-20-27(25,26)17-10-4-14(2)5-11-17/h4-11,20H,3,12-13H2,1-2H3,(H,21,23)(H,22,24). The first kappa shape index (κ1) is 20.6. The van der Waals surface area contributed by atoms with Gasteiger partial charge in [-0.05, 0) is 43.2 Å². The second kappa shape index (κ2) is 9.29. The minimum Gasteiger partial charge on any atom is -0.273 e. The molecule has 0 aromatic heterocycles. The van der Waals surface area contributed by atoms with Gasteiger partial charge >= 0.3 is 0 Å². The van der Waals surface area contributed by atoms with E-state index < -0.39 is 21.8 Å². The highest BCUT2D eigenvalue weighted by atomic mass is 32.2. The van der Waals surface area contributed by atoms with Crippen LogP contribution in [0.15, 0.2) is 53.4 Å². The summed E-state index contributed by atoms with van der Waals surface area (Å²) in [5.74, 6) is -0.939. The highest BCUT2D eigenvalue weighted by Crippen LogP contribution is 2.09. The Hall–Kier alpha value is -2.71. The summed E-state index contributed by atoms with van der Waals surface area (Å²) in [5.41, 5.74) is 7.06. The van der Waals surface area contributed by atoms with E-state index in [-0.39, 0.29) is 17.9 Å². The normalized spacial score (nSPS) is 11.0. The molecular weight excluding hydrogens is 366 g/mol. The number of amides is 2. The molecule has 0 aliphatic rings. The fraction of sp³-hybridized carbons (Fsp3) is 0.263. The Bertz CT molecular complexity index is 892. The number of hydrogen-bond donors (Lipinski definition) is 3. The molecule has 0 heterocycles. The summed E-state index contributed by atoms with van der Waals surface area (Å²) in [5, 5.41) is 0. The predicted octanol–water partition coefficient (Wildman–Crippen LogP) is 1.69. The molecule has 2 rings (SSSR count). The van der Waals surface area contributed by atoms with Crippen LogP contribution in [0, 0.1) is 6.92 Å². The maximum absolute atomic E-state index is 12.1. The molecule has 0 spiro atoms. The van der Waals surface area contributed by atoms with Gasteiger partial charge in [0.15, 0.2) is 0 Å². The minimum atomic E-state index is -3.67. The number of hydrogen-bond acceptors (Lipinski definition) is 4. The topological polar surface area (TPSA) is 104 Å². The third-order valence-electron chi connectivity index (χ3n) is 3.92. The van der Waals surface area contributed by atoms with Gasteiger partial charge in [-0.15, -0.1) is 0 Å². The zero-order chi connectivity index (χ0) is 19.9. The van der Waals surface area contributed by atoms with Crippen LogP contribution in [0.1, 0.15) is 34.8 Å². The molecular formula is C19H23N3O4S. The van der Waals surface area contributed by atoms with Crippen LogP contribution in [0.25, 0.3) is 0 Å². The second-order valence-electron chi connectivity index (χ2n) is 6.01. The number of carbonyl (C=O) groups is 2. The zero-order valence-corrected chi connectivity index (χ0v) is 16.1. The van der Waals surface area contributed by atoms with E-state index in [4.69, 9.17) is 0 Å². The fourth-order valence-corrected chi connectivity index (χ4v) is 3.28.